The van der Waals surface area contributed by atoms with Gasteiger partial charge in [0.15, 0.2) is 0 Å². The first-order valence-electron chi connectivity index (χ1n) is 7.76. The number of nitrogens with one attached hydrogen (secondary N) is 2. The number of aliphatic hydroxyl groups is 1. The summed E-state index contributed by atoms with van der Waals surface area (Å²) in [6.45, 7) is 5.85. The first-order valence-corrected chi connectivity index (χ1v) is 7.76. The quantitative estimate of drug-likeness (QED) is 0.813. The van der Waals surface area contributed by atoms with Crippen LogP contribution in [0.4, 0.5) is 11.4 Å². The van der Waals surface area contributed by atoms with Crippen LogP contribution >= 0.6 is 0 Å². The monoisotopic (exact) mass is 314 g/mol. The largest absolute Gasteiger partial charge is 0.394 e. The molecule has 0 aliphatic carbocycles. The van der Waals surface area contributed by atoms with Gasteiger partial charge in [-0.05, 0) is 26.8 Å². The molecule has 1 aromatic heterocycles. The highest BCUT2D eigenvalue weighted by atomic mass is 16.3. The van der Waals surface area contributed by atoms with Crippen LogP contribution < -0.4 is 10.6 Å². The van der Waals surface area contributed by atoms with Crippen molar-refractivity contribution in [3.05, 3.63) is 30.6 Å². The minimum atomic E-state index is -0.459. The molecule has 0 spiro atoms. The number of benzene rings is 1. The van der Waals surface area contributed by atoms with Gasteiger partial charge in [0.05, 0.1) is 29.7 Å². The molecule has 23 heavy (non-hydrogen) atoms. The number of anilines is 2. The van der Waals surface area contributed by atoms with Gasteiger partial charge < -0.3 is 15.7 Å². The molecule has 6 nitrogen and oxygen atoms in total. The van der Waals surface area contributed by atoms with Gasteiger partial charge in [-0.3, -0.25) is 9.48 Å². The van der Waals surface area contributed by atoms with E-state index in [1.807, 2.05) is 45.2 Å². The predicted molar refractivity (Wildman–Crippen MR) is 90.4 cm³/mol. The number of rotatable bonds is 3. The van der Waals surface area contributed by atoms with Crippen LogP contribution in [-0.4, -0.2) is 33.4 Å². The van der Waals surface area contributed by atoms with Gasteiger partial charge in [0, 0.05) is 29.8 Å². The number of para-hydroxylation sites is 1. The second-order valence-electron chi connectivity index (χ2n) is 6.67. The summed E-state index contributed by atoms with van der Waals surface area (Å²) in [7, 11) is 0. The molecule has 0 saturated carbocycles. The van der Waals surface area contributed by atoms with Gasteiger partial charge in [-0.2, -0.15) is 5.10 Å². The van der Waals surface area contributed by atoms with E-state index in [0.29, 0.717) is 6.42 Å². The molecule has 6 heteroatoms. The molecular weight excluding hydrogens is 292 g/mol. The third kappa shape index (κ3) is 2.94. The molecule has 1 aliphatic rings. The summed E-state index contributed by atoms with van der Waals surface area (Å²) >= 11 is 0. The molecule has 0 saturated heterocycles. The van der Waals surface area contributed by atoms with Gasteiger partial charge in [-0.1, -0.05) is 12.1 Å². The summed E-state index contributed by atoms with van der Waals surface area (Å²) in [5, 5.41) is 20.2. The van der Waals surface area contributed by atoms with Crippen molar-refractivity contribution >= 4 is 17.3 Å². The van der Waals surface area contributed by atoms with E-state index in [1.54, 1.807) is 10.9 Å². The number of nitrogens with zero attached hydrogens (tertiary/aromatic N) is 2. The minimum Gasteiger partial charge on any atom is -0.394 e. The number of aliphatic hydroxyl groups excluding tert-OH is 1. The Labute approximate surface area is 135 Å². The van der Waals surface area contributed by atoms with Crippen molar-refractivity contribution in [1.82, 2.24) is 9.78 Å². The van der Waals surface area contributed by atoms with E-state index < -0.39 is 5.54 Å². The number of aromatic nitrogens is 2. The summed E-state index contributed by atoms with van der Waals surface area (Å²) in [6.07, 6.45) is 4.14. The smallest absolute Gasteiger partial charge is 0.226 e. The van der Waals surface area contributed by atoms with Gasteiger partial charge in [0.2, 0.25) is 5.91 Å². The lowest BCUT2D eigenvalue weighted by Gasteiger charge is -2.22. The number of hydrogen-bond acceptors (Lipinski definition) is 4. The molecule has 0 unspecified atom stereocenters. The molecule has 1 atom stereocenters. The fourth-order valence-electron chi connectivity index (χ4n) is 2.69. The summed E-state index contributed by atoms with van der Waals surface area (Å²) in [6, 6.07) is 5.87. The highest BCUT2D eigenvalue weighted by Crippen LogP contribution is 2.36. The van der Waals surface area contributed by atoms with Crippen molar-refractivity contribution < 1.29 is 9.90 Å². The molecular formula is C17H22N4O2. The topological polar surface area (TPSA) is 79.2 Å². The second-order valence-corrected chi connectivity index (χ2v) is 6.67. The van der Waals surface area contributed by atoms with Crippen LogP contribution in [0.2, 0.25) is 0 Å². The first-order chi connectivity index (χ1) is 10.9. The van der Waals surface area contributed by atoms with Crippen molar-refractivity contribution in [3.63, 3.8) is 0 Å². The standard InChI is InChI=1S/C17H22N4O2/c1-11-7-15(23)20-14-6-4-5-13(16(14)19-11)12-8-18-21(9-12)17(2,3)10-22/h4-6,8-9,11,19,22H,7,10H2,1-3H3,(H,20,23)/t11-/m1/s1. The van der Waals surface area contributed by atoms with Gasteiger partial charge in [0.25, 0.3) is 0 Å². The average molecular weight is 314 g/mol. The normalized spacial score (nSPS) is 17.9. The van der Waals surface area contributed by atoms with Crippen molar-refractivity contribution in [1.29, 1.82) is 0 Å². The van der Waals surface area contributed by atoms with Gasteiger partial charge in [-0.15, -0.1) is 0 Å². The molecule has 0 radical (unpaired) electrons. The maximum Gasteiger partial charge on any atom is 0.226 e. The molecule has 122 valence electrons. The average Bonchev–Trinajstić information content (AvgIpc) is 2.93. The van der Waals surface area contributed by atoms with Crippen LogP contribution in [0, 0.1) is 0 Å². The zero-order chi connectivity index (χ0) is 16.6. The molecule has 0 fully saturated rings. The van der Waals surface area contributed by atoms with E-state index in [2.05, 4.69) is 15.7 Å². The Morgan fingerprint density at radius 1 is 1.43 bits per heavy atom. The van der Waals surface area contributed by atoms with Crippen LogP contribution in [0.3, 0.4) is 0 Å². The number of carbonyl (C=O) groups is 1. The van der Waals surface area contributed by atoms with E-state index in [1.165, 1.54) is 0 Å². The predicted octanol–water partition coefficient (Wildman–Crippen LogP) is 2.42. The summed E-state index contributed by atoms with van der Waals surface area (Å²) < 4.78 is 1.76. The van der Waals surface area contributed by atoms with E-state index >= 15 is 0 Å². The molecule has 3 rings (SSSR count). The number of hydrogen-bond donors (Lipinski definition) is 3. The minimum absolute atomic E-state index is 0.00631. The SMILES string of the molecule is C[C@@H]1CC(=O)Nc2cccc(-c3cnn(C(C)(C)CO)c3)c2N1. The lowest BCUT2D eigenvalue weighted by atomic mass is 10.0. The fourth-order valence-corrected chi connectivity index (χ4v) is 2.69. The molecule has 2 aromatic rings. The van der Waals surface area contributed by atoms with E-state index in [-0.39, 0.29) is 18.6 Å². The van der Waals surface area contributed by atoms with Crippen LogP contribution in [-0.2, 0) is 10.3 Å². The lowest BCUT2D eigenvalue weighted by Crippen LogP contribution is -2.30. The molecule has 0 bridgehead atoms. The first kappa shape index (κ1) is 15.6. The Kier molecular flexibility index (Phi) is 3.85. The molecule has 1 aliphatic heterocycles. The molecule has 1 aromatic carbocycles. The molecule has 2 heterocycles. The van der Waals surface area contributed by atoms with Crippen molar-refractivity contribution in [2.24, 2.45) is 0 Å². The number of carbonyl (C=O) groups excluding carboxylic acids is 1. The number of amides is 1. The number of fused-ring (bicyclic) bond motifs is 1. The summed E-state index contributed by atoms with van der Waals surface area (Å²) in [4.78, 5) is 11.9. The maximum atomic E-state index is 11.9. The van der Waals surface area contributed by atoms with Crippen molar-refractivity contribution in [2.75, 3.05) is 17.2 Å². The van der Waals surface area contributed by atoms with Crippen LogP contribution in [0.5, 0.6) is 0 Å². The van der Waals surface area contributed by atoms with Crippen molar-refractivity contribution in [3.8, 4) is 11.1 Å². The Balaban J connectivity index is 2.05. The molecule has 1 amide bonds. The third-order valence-electron chi connectivity index (χ3n) is 4.12. The Morgan fingerprint density at radius 2 is 2.22 bits per heavy atom. The Hall–Kier alpha value is -2.34. The zero-order valence-corrected chi connectivity index (χ0v) is 13.6. The Morgan fingerprint density at radius 3 is 2.96 bits per heavy atom. The van der Waals surface area contributed by atoms with Crippen LogP contribution in [0.1, 0.15) is 27.2 Å². The van der Waals surface area contributed by atoms with E-state index in [9.17, 15) is 9.90 Å². The van der Waals surface area contributed by atoms with Crippen LogP contribution in [0.15, 0.2) is 30.6 Å². The second kappa shape index (κ2) is 5.70. The highest BCUT2D eigenvalue weighted by Gasteiger charge is 2.23. The summed E-state index contributed by atoms with van der Waals surface area (Å²) in [5.74, 6) is 0.0120. The fraction of sp³-hybridized carbons (Fsp3) is 0.412. The van der Waals surface area contributed by atoms with Crippen LogP contribution in [0.25, 0.3) is 11.1 Å². The van der Waals surface area contributed by atoms with Gasteiger partial charge in [0.1, 0.15) is 0 Å². The maximum absolute atomic E-state index is 11.9. The van der Waals surface area contributed by atoms with Gasteiger partial charge >= 0.3 is 0 Å². The third-order valence-corrected chi connectivity index (χ3v) is 4.12. The Bertz CT molecular complexity index is 736. The zero-order valence-electron chi connectivity index (χ0n) is 13.6. The lowest BCUT2D eigenvalue weighted by molar-refractivity contribution is -0.116. The van der Waals surface area contributed by atoms with E-state index in [0.717, 1.165) is 22.5 Å². The van der Waals surface area contributed by atoms with E-state index in [4.69, 9.17) is 0 Å². The molecule has 3 N–H and O–H groups in total. The highest BCUT2D eigenvalue weighted by molar-refractivity contribution is 6.00. The van der Waals surface area contributed by atoms with Crippen molar-refractivity contribution in [2.45, 2.75) is 38.8 Å². The van der Waals surface area contributed by atoms with Gasteiger partial charge in [-0.25, -0.2) is 0 Å². The summed E-state index contributed by atoms with van der Waals surface area (Å²) in [5.41, 5.74) is 3.16.